The first-order valence-electron chi connectivity index (χ1n) is 43.0. The van der Waals surface area contributed by atoms with Crippen LogP contribution in [0, 0.1) is 23.7 Å². The van der Waals surface area contributed by atoms with Crippen LogP contribution < -0.4 is 37.9 Å². The van der Waals surface area contributed by atoms with E-state index in [-0.39, 0.29) is 123 Å². The van der Waals surface area contributed by atoms with Gasteiger partial charge in [-0.3, -0.25) is 0 Å². The third-order valence-electron chi connectivity index (χ3n) is 20.5. The van der Waals surface area contributed by atoms with Gasteiger partial charge in [0.15, 0.2) is 23.0 Å². The highest BCUT2D eigenvalue weighted by Crippen LogP contribution is 2.46. The van der Waals surface area contributed by atoms with Crippen LogP contribution in [0.15, 0.2) is 146 Å². The number of benzene rings is 8. The molecule has 4 N–H and O–H groups in total. The largest absolute Gasteiger partial charge is 0.491 e. The van der Waals surface area contributed by atoms with Gasteiger partial charge in [-0.2, -0.15) is 0 Å². The van der Waals surface area contributed by atoms with Crippen molar-refractivity contribution in [2.75, 3.05) is 103 Å². The second kappa shape index (κ2) is 56.0. The van der Waals surface area contributed by atoms with Crippen molar-refractivity contribution in [3.05, 3.63) is 230 Å². The van der Waals surface area contributed by atoms with E-state index in [0.717, 1.165) is 44.5 Å². The summed E-state index contributed by atoms with van der Waals surface area (Å²) >= 11 is 75.4. The van der Waals surface area contributed by atoms with Gasteiger partial charge in [0.1, 0.15) is 73.8 Å². The fraction of sp³-hybridized carbons (Fsp3) is 0.520. The fourth-order valence-corrected chi connectivity index (χ4v) is 14.8. The molecule has 0 radical (unpaired) electrons. The molecule has 8 rings (SSSR count). The molecule has 2 unspecified atom stereocenters. The van der Waals surface area contributed by atoms with Crippen LogP contribution in [0.4, 0.5) is 0 Å². The average Bonchev–Trinajstić information content (AvgIpc) is 0.799. The maximum Gasteiger partial charge on any atom is 0.156 e. The van der Waals surface area contributed by atoms with Crippen LogP contribution in [-0.2, 0) is 40.6 Å². The van der Waals surface area contributed by atoms with Crippen LogP contribution in [0.5, 0.6) is 46.0 Å². The first-order chi connectivity index (χ1) is 60.2. The van der Waals surface area contributed by atoms with E-state index in [0.29, 0.717) is 136 Å². The van der Waals surface area contributed by atoms with E-state index >= 15 is 0 Å². The molecule has 16 nitrogen and oxygen atoms in total. The molecule has 28 heteroatoms. The van der Waals surface area contributed by atoms with Gasteiger partial charge in [-0.1, -0.05) is 224 Å². The lowest BCUT2D eigenvalue weighted by atomic mass is 9.78. The molecule has 0 heterocycles. The summed E-state index contributed by atoms with van der Waals surface area (Å²) in [5.41, 5.74) is 6.79. The van der Waals surface area contributed by atoms with Crippen LogP contribution in [-0.4, -0.2) is 172 Å². The van der Waals surface area contributed by atoms with E-state index in [9.17, 15) is 20.4 Å². The SMILES string of the molecule is CC(C)OC[C@@H](O)COc1ccc(C(C)(C)c2cc(Cl)c(OC[C@H](C)CCl)c(Cl)c2)cc1.CC(C)OC[C@H](O)COc1ccc(C(C)(C)c2cc(Cl)c(OC[C@@H](C)CCl)c(Cl)c2)cc1.CC(C)OC[C@H](O)COc1ccc(C(C)(C)c2cc(Cl)c(OC[C@H](C)CCl)c(Cl)c2)cc1.CC(CCl)COc1c(Cl)cc(C(C)(C)c2ccc(OCC(O)COC(C)C)cc2)cc1Cl. The predicted octanol–water partition coefficient (Wildman–Crippen LogP) is 27.0. The summed E-state index contributed by atoms with van der Waals surface area (Å²) in [6.45, 7) is 43.7. The van der Waals surface area contributed by atoms with Gasteiger partial charge in [0, 0.05) is 68.9 Å². The molecule has 0 amide bonds. The first kappa shape index (κ1) is 114. The van der Waals surface area contributed by atoms with E-state index in [1.807, 2.05) is 229 Å². The third kappa shape index (κ3) is 37.9. The second-order valence-corrected chi connectivity index (χ2v) is 39.8. The smallest absolute Gasteiger partial charge is 0.156 e. The Hall–Kier alpha value is -4.68. The highest BCUT2D eigenvalue weighted by molar-refractivity contribution is 6.39. The maximum atomic E-state index is 9.96. The van der Waals surface area contributed by atoms with Crippen molar-refractivity contribution < 1.29 is 77.3 Å². The highest BCUT2D eigenvalue weighted by Gasteiger charge is 2.32. The normalized spacial score (nSPS) is 13.8. The van der Waals surface area contributed by atoms with Crippen molar-refractivity contribution in [1.29, 1.82) is 0 Å². The van der Waals surface area contributed by atoms with Gasteiger partial charge in [-0.25, -0.2) is 0 Å². The minimum Gasteiger partial charge on any atom is -0.491 e. The van der Waals surface area contributed by atoms with Gasteiger partial charge in [0.2, 0.25) is 0 Å². The van der Waals surface area contributed by atoms with Gasteiger partial charge in [0.05, 0.1) is 117 Å². The zero-order valence-corrected chi connectivity index (χ0v) is 86.4. The highest BCUT2D eigenvalue weighted by atomic mass is 35.5. The van der Waals surface area contributed by atoms with Gasteiger partial charge in [-0.15, -0.1) is 46.4 Å². The van der Waals surface area contributed by atoms with E-state index in [1.165, 1.54) is 0 Å². The molecule has 8 atom stereocenters. The Labute approximate surface area is 821 Å². The Morgan fingerprint density at radius 2 is 0.367 bits per heavy atom. The van der Waals surface area contributed by atoms with Gasteiger partial charge in [-0.05, 0) is 197 Å². The molecule has 8 aromatic rings. The van der Waals surface area contributed by atoms with Crippen molar-refractivity contribution in [2.45, 2.75) is 209 Å². The van der Waals surface area contributed by atoms with E-state index in [4.69, 9.17) is 196 Å². The molecule has 0 aliphatic carbocycles. The van der Waals surface area contributed by atoms with Crippen molar-refractivity contribution in [3.63, 3.8) is 0 Å². The van der Waals surface area contributed by atoms with Crippen LogP contribution in [0.1, 0.15) is 183 Å². The number of aliphatic hydroxyl groups is 4. The molecule has 0 saturated heterocycles. The van der Waals surface area contributed by atoms with E-state index in [2.05, 4.69) is 55.4 Å². The maximum absolute atomic E-state index is 9.96. The average molecular weight is 2020 g/mol. The summed E-state index contributed by atoms with van der Waals surface area (Å²) in [7, 11) is 0. The minimum absolute atomic E-state index is 0.0722. The molecule has 0 saturated carbocycles. The molecule has 0 fully saturated rings. The monoisotopic (exact) mass is 2010 g/mol. The topological polar surface area (TPSA) is 192 Å². The van der Waals surface area contributed by atoms with Crippen molar-refractivity contribution >= 4 is 139 Å². The molecule has 128 heavy (non-hydrogen) atoms. The predicted molar refractivity (Wildman–Crippen MR) is 532 cm³/mol. The molecule has 712 valence electrons. The minimum atomic E-state index is -0.675. The molecule has 0 aromatic heterocycles. The summed E-state index contributed by atoms with van der Waals surface area (Å²) in [4.78, 5) is 0. The number of alkyl halides is 4. The van der Waals surface area contributed by atoms with Crippen LogP contribution in [0.25, 0.3) is 0 Å². The summed E-state index contributed by atoms with van der Waals surface area (Å²) in [5.74, 6) is 7.46. The van der Waals surface area contributed by atoms with Crippen molar-refractivity contribution in [1.82, 2.24) is 0 Å². The van der Waals surface area contributed by atoms with Crippen molar-refractivity contribution in [2.24, 2.45) is 23.7 Å². The second-order valence-electron chi connectivity index (χ2n) is 35.3. The molecule has 0 aliphatic rings. The molecule has 8 aromatic carbocycles. The molecule has 0 bridgehead atoms. The van der Waals surface area contributed by atoms with Crippen LogP contribution in [0.3, 0.4) is 0 Å². The van der Waals surface area contributed by atoms with Crippen LogP contribution in [0.2, 0.25) is 40.2 Å². The summed E-state index contributed by atoms with van der Waals surface area (Å²) in [6, 6.07) is 46.3. The Balaban J connectivity index is 0.000000302. The lowest BCUT2D eigenvalue weighted by Crippen LogP contribution is -2.25. The summed E-state index contributed by atoms with van der Waals surface area (Å²) < 4.78 is 67.5. The zero-order chi connectivity index (χ0) is 95.6. The Morgan fingerprint density at radius 3 is 0.500 bits per heavy atom. The van der Waals surface area contributed by atoms with E-state index < -0.39 is 24.4 Å². The molecule has 0 aliphatic heterocycles. The van der Waals surface area contributed by atoms with Gasteiger partial charge < -0.3 is 77.3 Å². The number of ether oxygens (including phenoxy) is 12. The standard InChI is InChI=1S/4C25H33Cl3O4/c4*1-16(2)30-14-20(29)15-31-21-8-6-18(7-9-21)25(4,5)19-10-22(27)24(23(28)11-19)32-13-17(3)12-26/h4*6-11,16-17,20,29H,12-15H2,1-5H3/t17-,20+;2*17-,20-;/m110./s1. The zero-order valence-electron chi connectivity index (χ0n) is 77.3. The third-order valence-corrected chi connectivity index (χ3v) is 24.9. The number of aliphatic hydroxyl groups excluding tert-OH is 4. The Kier molecular flexibility index (Phi) is 49.8. The molecular weight excluding hydrogens is 1880 g/mol. The summed E-state index contributed by atoms with van der Waals surface area (Å²) in [6.07, 6.45) is -2.41. The molecular formula is C100H132Cl12O16. The van der Waals surface area contributed by atoms with Gasteiger partial charge in [0.25, 0.3) is 0 Å². The Morgan fingerprint density at radius 1 is 0.219 bits per heavy atom. The number of hydrogen-bond donors (Lipinski definition) is 4. The van der Waals surface area contributed by atoms with Crippen LogP contribution >= 0.6 is 139 Å². The number of halogens is 12. The lowest BCUT2D eigenvalue weighted by Gasteiger charge is -2.27. The fourth-order valence-electron chi connectivity index (χ4n) is 12.0. The van der Waals surface area contributed by atoms with E-state index in [1.54, 1.807) is 0 Å². The summed E-state index contributed by atoms with van der Waals surface area (Å²) in [5, 5.41) is 43.6. The van der Waals surface area contributed by atoms with Crippen molar-refractivity contribution in [3.8, 4) is 46.0 Å². The Bertz CT molecular complexity index is 3890. The molecule has 0 spiro atoms. The number of rotatable bonds is 48. The first-order valence-corrected chi connectivity index (χ1v) is 48.2. The number of hydrogen-bond acceptors (Lipinski definition) is 16. The quantitative estimate of drug-likeness (QED) is 0.0263. The van der Waals surface area contributed by atoms with Gasteiger partial charge >= 0.3 is 0 Å². The lowest BCUT2D eigenvalue weighted by molar-refractivity contribution is -0.0122.